The van der Waals surface area contributed by atoms with Crippen LogP contribution in [0.15, 0.2) is 24.3 Å². The number of rotatable bonds is 8. The maximum atomic E-state index is 13.0. The van der Waals surface area contributed by atoms with Gasteiger partial charge in [-0.25, -0.2) is 12.7 Å². The van der Waals surface area contributed by atoms with Gasteiger partial charge in [0, 0.05) is 71.7 Å². The lowest BCUT2D eigenvalue weighted by molar-refractivity contribution is -0.207. The predicted octanol–water partition coefficient (Wildman–Crippen LogP) is 0.893. The van der Waals surface area contributed by atoms with Crippen LogP contribution < -0.4 is 9.80 Å². The van der Waals surface area contributed by atoms with E-state index in [0.29, 0.717) is 32.3 Å². The minimum absolute atomic E-state index is 0.263. The fraction of sp³-hybridized carbons (Fsp3) is 0.692. The Morgan fingerprint density at radius 1 is 0.947 bits per heavy atom. The van der Waals surface area contributed by atoms with Crippen molar-refractivity contribution in [2.45, 2.75) is 31.5 Å². The van der Waals surface area contributed by atoms with Gasteiger partial charge in [-0.3, -0.25) is 14.5 Å². The molecule has 1 atom stereocenters. The number of piperidine rings is 1. The molecule has 12 heteroatoms. The molecule has 210 valence electrons. The van der Waals surface area contributed by atoms with Crippen molar-refractivity contribution in [3.05, 3.63) is 24.3 Å². The molecule has 0 radical (unpaired) electrons. The smallest absolute Gasteiger partial charge is 0.315 e. The van der Waals surface area contributed by atoms with Crippen LogP contribution in [0, 0.1) is 5.41 Å². The van der Waals surface area contributed by atoms with Gasteiger partial charge in [-0.05, 0) is 25.0 Å². The fourth-order valence-electron chi connectivity index (χ4n) is 6.22. The largest absolute Gasteiger partial charge is 0.425 e. The average Bonchev–Trinajstić information content (AvgIpc) is 3.18. The predicted molar refractivity (Wildman–Crippen MR) is 141 cm³/mol. The summed E-state index contributed by atoms with van der Waals surface area (Å²) < 4.78 is 41.9. The molecule has 4 aliphatic rings. The van der Waals surface area contributed by atoms with Crippen molar-refractivity contribution in [1.29, 1.82) is 0 Å². The van der Waals surface area contributed by atoms with Gasteiger partial charge in [-0.15, -0.1) is 0 Å². The van der Waals surface area contributed by atoms with Crippen LogP contribution in [0.2, 0.25) is 0 Å². The first-order chi connectivity index (χ1) is 18.2. The standard InChI is InChI=1S/C26H38N4O7S/c1-38(33,34)30-10-6-25(7-11-30)20-26(36-21-31,37-24(25)32)8-9-27-12-14-28(15-13-27)22-4-2-3-5-23(22)29-16-18-35-19-17-29/h2-5,21H,6-20H2,1H3. The van der Waals surface area contributed by atoms with E-state index in [0.717, 1.165) is 52.5 Å². The molecule has 0 bridgehead atoms. The highest BCUT2D eigenvalue weighted by Gasteiger charge is 2.59. The molecule has 0 aromatic heterocycles. The summed E-state index contributed by atoms with van der Waals surface area (Å²) in [7, 11) is -3.31. The number of nitrogens with zero attached hydrogens (tertiary/aromatic N) is 4. The first kappa shape index (κ1) is 27.2. The Morgan fingerprint density at radius 2 is 1.55 bits per heavy atom. The van der Waals surface area contributed by atoms with Gasteiger partial charge in [0.15, 0.2) is 0 Å². The quantitative estimate of drug-likeness (QED) is 0.342. The van der Waals surface area contributed by atoms with Gasteiger partial charge in [0.25, 0.3) is 12.3 Å². The highest BCUT2D eigenvalue weighted by atomic mass is 32.2. The summed E-state index contributed by atoms with van der Waals surface area (Å²) in [6.45, 7) is 8.21. The molecule has 5 rings (SSSR count). The molecule has 0 N–H and O–H groups in total. The lowest BCUT2D eigenvalue weighted by atomic mass is 9.75. The Labute approximate surface area is 224 Å². The molecular weight excluding hydrogens is 512 g/mol. The van der Waals surface area contributed by atoms with Crippen LogP contribution >= 0.6 is 0 Å². The van der Waals surface area contributed by atoms with Crippen LogP contribution in [0.5, 0.6) is 0 Å². The van der Waals surface area contributed by atoms with E-state index >= 15 is 0 Å². The molecule has 0 aliphatic carbocycles. The molecule has 1 spiro atoms. The lowest BCUT2D eigenvalue weighted by Crippen LogP contribution is -2.49. The third-order valence-electron chi connectivity index (χ3n) is 8.49. The number of ether oxygens (including phenoxy) is 3. The van der Waals surface area contributed by atoms with Crippen molar-refractivity contribution in [1.82, 2.24) is 9.21 Å². The van der Waals surface area contributed by atoms with Gasteiger partial charge in [0.05, 0.1) is 36.3 Å². The molecular formula is C26H38N4O7S. The molecule has 1 unspecified atom stereocenters. The van der Waals surface area contributed by atoms with Crippen molar-refractivity contribution >= 4 is 33.8 Å². The zero-order valence-corrected chi connectivity index (χ0v) is 22.9. The zero-order valence-electron chi connectivity index (χ0n) is 22.0. The first-order valence-electron chi connectivity index (χ1n) is 13.4. The van der Waals surface area contributed by atoms with E-state index in [-0.39, 0.29) is 19.5 Å². The second-order valence-corrected chi connectivity index (χ2v) is 12.8. The van der Waals surface area contributed by atoms with Crippen molar-refractivity contribution in [2.75, 3.05) is 88.2 Å². The van der Waals surface area contributed by atoms with E-state index < -0.39 is 27.2 Å². The van der Waals surface area contributed by atoms with Crippen LogP contribution in [0.3, 0.4) is 0 Å². The first-order valence-corrected chi connectivity index (χ1v) is 15.3. The Balaban J connectivity index is 1.18. The summed E-state index contributed by atoms with van der Waals surface area (Å²) in [4.78, 5) is 31.5. The van der Waals surface area contributed by atoms with Crippen LogP contribution in [-0.4, -0.2) is 114 Å². The zero-order chi connectivity index (χ0) is 26.8. The molecule has 0 saturated carbocycles. The van der Waals surface area contributed by atoms with Gasteiger partial charge in [-0.2, -0.15) is 0 Å². The Bertz CT molecular complexity index is 1110. The molecule has 38 heavy (non-hydrogen) atoms. The van der Waals surface area contributed by atoms with Crippen molar-refractivity contribution in [2.24, 2.45) is 5.41 Å². The number of para-hydroxylation sites is 2. The van der Waals surface area contributed by atoms with E-state index in [1.807, 2.05) is 0 Å². The molecule has 1 aromatic rings. The van der Waals surface area contributed by atoms with Crippen LogP contribution in [0.1, 0.15) is 25.7 Å². The van der Waals surface area contributed by atoms with Crippen molar-refractivity contribution in [3.63, 3.8) is 0 Å². The molecule has 4 aliphatic heterocycles. The van der Waals surface area contributed by atoms with Crippen LogP contribution in [0.4, 0.5) is 11.4 Å². The second-order valence-electron chi connectivity index (χ2n) is 10.8. The molecule has 4 fully saturated rings. The number of carbonyl (C=O) groups excluding carboxylic acids is 2. The summed E-state index contributed by atoms with van der Waals surface area (Å²) in [5.41, 5.74) is 1.67. The maximum absolute atomic E-state index is 13.0. The summed E-state index contributed by atoms with van der Waals surface area (Å²) in [5.74, 6) is -1.69. The summed E-state index contributed by atoms with van der Waals surface area (Å²) in [6.07, 6.45) is 2.56. The summed E-state index contributed by atoms with van der Waals surface area (Å²) >= 11 is 0. The molecule has 4 saturated heterocycles. The van der Waals surface area contributed by atoms with E-state index in [1.165, 1.54) is 21.9 Å². The van der Waals surface area contributed by atoms with Crippen LogP contribution in [-0.2, 0) is 33.8 Å². The van der Waals surface area contributed by atoms with Gasteiger partial charge >= 0.3 is 5.97 Å². The normalized spacial score (nSPS) is 26.9. The number of benzene rings is 1. The van der Waals surface area contributed by atoms with Gasteiger partial charge in [-0.1, -0.05) is 12.1 Å². The Hall–Kier alpha value is -2.41. The summed E-state index contributed by atoms with van der Waals surface area (Å²) in [6, 6.07) is 8.52. The minimum Gasteiger partial charge on any atom is -0.425 e. The number of morpholine rings is 1. The van der Waals surface area contributed by atoms with E-state index in [4.69, 9.17) is 14.2 Å². The fourth-order valence-corrected chi connectivity index (χ4v) is 7.07. The molecule has 4 heterocycles. The molecule has 0 amide bonds. The number of piperazine rings is 1. The van der Waals surface area contributed by atoms with Crippen molar-refractivity contribution in [3.8, 4) is 0 Å². The maximum Gasteiger partial charge on any atom is 0.315 e. The Morgan fingerprint density at radius 3 is 2.13 bits per heavy atom. The average molecular weight is 551 g/mol. The lowest BCUT2D eigenvalue weighted by Gasteiger charge is -2.40. The number of hydrogen-bond donors (Lipinski definition) is 0. The monoisotopic (exact) mass is 550 g/mol. The number of hydrogen-bond acceptors (Lipinski definition) is 10. The van der Waals surface area contributed by atoms with Gasteiger partial charge in [0.2, 0.25) is 10.0 Å². The third kappa shape index (κ3) is 5.63. The summed E-state index contributed by atoms with van der Waals surface area (Å²) in [5, 5.41) is 0. The van der Waals surface area contributed by atoms with E-state index in [1.54, 1.807) is 0 Å². The number of esters is 1. The third-order valence-corrected chi connectivity index (χ3v) is 9.79. The molecule has 11 nitrogen and oxygen atoms in total. The van der Waals surface area contributed by atoms with Gasteiger partial charge < -0.3 is 24.0 Å². The number of carbonyl (C=O) groups is 2. The van der Waals surface area contributed by atoms with Gasteiger partial charge in [0.1, 0.15) is 0 Å². The second kappa shape index (κ2) is 11.0. The minimum atomic E-state index is -3.31. The van der Waals surface area contributed by atoms with Crippen molar-refractivity contribution < 1.29 is 32.2 Å². The van der Waals surface area contributed by atoms with E-state index in [9.17, 15) is 18.0 Å². The number of anilines is 2. The SMILES string of the molecule is CS(=O)(=O)N1CCC2(CC1)CC(CCN1CCN(c3ccccc3N3CCOCC3)CC1)(OC=O)OC2=O. The van der Waals surface area contributed by atoms with E-state index in [2.05, 4.69) is 39.0 Å². The highest BCUT2D eigenvalue weighted by molar-refractivity contribution is 7.88. The number of cyclic esters (lactones) is 1. The highest BCUT2D eigenvalue weighted by Crippen LogP contribution is 2.49. The Kier molecular flexibility index (Phi) is 7.86. The van der Waals surface area contributed by atoms with Crippen LogP contribution in [0.25, 0.3) is 0 Å². The topological polar surface area (TPSA) is 109 Å². The number of sulfonamides is 1. The molecule has 1 aromatic carbocycles.